The molecule has 5 heteroatoms. The van der Waals surface area contributed by atoms with Crippen LogP contribution in [0.15, 0.2) is 52.3 Å². The highest BCUT2D eigenvalue weighted by atomic mass is 127. The normalized spacial score (nSPS) is 10.4. The summed E-state index contributed by atoms with van der Waals surface area (Å²) in [4.78, 5) is 12.7. The summed E-state index contributed by atoms with van der Waals surface area (Å²) in [5.74, 6) is -0.814. The molecule has 0 fully saturated rings. The van der Waals surface area contributed by atoms with Gasteiger partial charge in [-0.15, -0.1) is 0 Å². The third-order valence-corrected chi connectivity index (χ3v) is 4.46. The number of nitrogens with two attached hydrogens (primary N) is 1. The quantitative estimate of drug-likeness (QED) is 0.623. The maximum atomic E-state index is 10.6. The summed E-state index contributed by atoms with van der Waals surface area (Å²) in [6.07, 6.45) is 0.0570. The van der Waals surface area contributed by atoms with E-state index in [0.29, 0.717) is 0 Å². The van der Waals surface area contributed by atoms with Gasteiger partial charge in [0, 0.05) is 19.0 Å². The number of hydrogen-bond donors (Lipinski definition) is 2. The molecule has 2 aromatic rings. The molecule has 0 atom stereocenters. The van der Waals surface area contributed by atoms with Crippen LogP contribution in [-0.2, 0) is 11.2 Å². The first-order valence-electron chi connectivity index (χ1n) is 5.58. The van der Waals surface area contributed by atoms with Gasteiger partial charge < -0.3 is 10.8 Å². The monoisotopic (exact) mass is 385 g/mol. The van der Waals surface area contributed by atoms with Crippen LogP contribution in [0.1, 0.15) is 5.56 Å². The maximum absolute atomic E-state index is 10.6. The zero-order valence-corrected chi connectivity index (χ0v) is 12.9. The standard InChI is InChI=1S/C14H12INO2S/c15-12-6-5-11(8-13(12)16)19-10-3-1-9(2-4-10)7-14(17)18/h1-6,8H,7,16H2,(H,17,18). The largest absolute Gasteiger partial charge is 0.481 e. The number of hydrogen-bond acceptors (Lipinski definition) is 3. The molecule has 3 N–H and O–H groups in total. The molecule has 0 amide bonds. The van der Waals surface area contributed by atoms with E-state index < -0.39 is 5.97 Å². The van der Waals surface area contributed by atoms with Crippen LogP contribution < -0.4 is 5.73 Å². The van der Waals surface area contributed by atoms with Gasteiger partial charge in [-0.25, -0.2) is 0 Å². The zero-order valence-electron chi connectivity index (χ0n) is 9.97. The Morgan fingerprint density at radius 1 is 1.16 bits per heavy atom. The molecule has 0 radical (unpaired) electrons. The predicted molar refractivity (Wildman–Crippen MR) is 85.5 cm³/mol. The van der Waals surface area contributed by atoms with E-state index in [1.807, 2.05) is 42.5 Å². The molecule has 0 saturated carbocycles. The van der Waals surface area contributed by atoms with Crippen LogP contribution in [0.4, 0.5) is 5.69 Å². The van der Waals surface area contributed by atoms with E-state index in [1.54, 1.807) is 11.8 Å². The fourth-order valence-electron chi connectivity index (χ4n) is 1.57. The first-order valence-corrected chi connectivity index (χ1v) is 7.48. The van der Waals surface area contributed by atoms with Crippen molar-refractivity contribution in [3.63, 3.8) is 0 Å². The van der Waals surface area contributed by atoms with E-state index in [4.69, 9.17) is 10.8 Å². The van der Waals surface area contributed by atoms with Crippen molar-refractivity contribution in [2.45, 2.75) is 16.2 Å². The molecule has 0 unspecified atom stereocenters. The van der Waals surface area contributed by atoms with Gasteiger partial charge in [0.15, 0.2) is 0 Å². The van der Waals surface area contributed by atoms with Crippen molar-refractivity contribution >= 4 is 46.0 Å². The van der Waals surface area contributed by atoms with Gasteiger partial charge in [0.25, 0.3) is 0 Å². The molecule has 19 heavy (non-hydrogen) atoms. The van der Waals surface area contributed by atoms with E-state index in [1.165, 1.54) is 0 Å². The van der Waals surface area contributed by atoms with Crippen molar-refractivity contribution in [3.8, 4) is 0 Å². The average Bonchev–Trinajstić information content (AvgIpc) is 2.36. The minimum absolute atomic E-state index is 0.0570. The number of nitrogen functional groups attached to an aromatic ring is 1. The van der Waals surface area contributed by atoms with Crippen LogP contribution in [0.25, 0.3) is 0 Å². The number of aliphatic carboxylic acids is 1. The molecule has 0 aliphatic carbocycles. The Balaban J connectivity index is 2.10. The molecule has 0 heterocycles. The third kappa shape index (κ3) is 4.14. The summed E-state index contributed by atoms with van der Waals surface area (Å²) in [7, 11) is 0. The molecule has 0 bridgehead atoms. The van der Waals surface area contributed by atoms with Gasteiger partial charge in [0.2, 0.25) is 0 Å². The van der Waals surface area contributed by atoms with Gasteiger partial charge in [-0.05, 0) is 58.5 Å². The fourth-order valence-corrected chi connectivity index (χ4v) is 2.77. The zero-order chi connectivity index (χ0) is 13.8. The second-order valence-corrected chi connectivity index (χ2v) is 6.31. The van der Waals surface area contributed by atoms with Crippen LogP contribution in [0, 0.1) is 3.57 Å². The Morgan fingerprint density at radius 2 is 1.79 bits per heavy atom. The Morgan fingerprint density at radius 3 is 2.37 bits per heavy atom. The molecule has 3 nitrogen and oxygen atoms in total. The lowest BCUT2D eigenvalue weighted by molar-refractivity contribution is -0.136. The maximum Gasteiger partial charge on any atom is 0.307 e. The highest BCUT2D eigenvalue weighted by Crippen LogP contribution is 2.30. The molecule has 0 spiro atoms. The lowest BCUT2D eigenvalue weighted by atomic mass is 10.2. The lowest BCUT2D eigenvalue weighted by Gasteiger charge is -2.05. The highest BCUT2D eigenvalue weighted by Gasteiger charge is 2.03. The Labute approximate surface area is 129 Å². The number of benzene rings is 2. The minimum atomic E-state index is -0.814. The Kier molecular flexibility index (Phi) is 4.71. The van der Waals surface area contributed by atoms with E-state index in [0.717, 1.165) is 24.6 Å². The van der Waals surface area contributed by atoms with Gasteiger partial charge in [0.1, 0.15) is 0 Å². The molecular formula is C14H12INO2S. The first kappa shape index (κ1) is 14.2. The van der Waals surface area contributed by atoms with Crippen molar-refractivity contribution in [3.05, 3.63) is 51.6 Å². The SMILES string of the molecule is Nc1cc(Sc2ccc(CC(=O)O)cc2)ccc1I. The summed E-state index contributed by atoms with van der Waals surface area (Å²) in [5, 5.41) is 8.71. The van der Waals surface area contributed by atoms with Gasteiger partial charge in [-0.2, -0.15) is 0 Å². The number of halogens is 1. The molecule has 2 aromatic carbocycles. The minimum Gasteiger partial charge on any atom is -0.481 e. The van der Waals surface area contributed by atoms with Crippen molar-refractivity contribution in [2.24, 2.45) is 0 Å². The Hall–Kier alpha value is -1.21. The van der Waals surface area contributed by atoms with Crippen molar-refractivity contribution < 1.29 is 9.90 Å². The van der Waals surface area contributed by atoms with Crippen molar-refractivity contribution in [1.29, 1.82) is 0 Å². The molecular weight excluding hydrogens is 373 g/mol. The molecule has 0 aliphatic rings. The number of carboxylic acid groups (broad SMARTS) is 1. The van der Waals surface area contributed by atoms with E-state index in [-0.39, 0.29) is 6.42 Å². The number of anilines is 1. The summed E-state index contributed by atoms with van der Waals surface area (Å²) in [5.41, 5.74) is 7.44. The summed E-state index contributed by atoms with van der Waals surface area (Å²) in [6, 6.07) is 13.5. The van der Waals surface area contributed by atoms with E-state index >= 15 is 0 Å². The van der Waals surface area contributed by atoms with Gasteiger partial charge >= 0.3 is 5.97 Å². The molecule has 0 aliphatic heterocycles. The summed E-state index contributed by atoms with van der Waals surface area (Å²) < 4.78 is 1.04. The van der Waals surface area contributed by atoms with E-state index in [9.17, 15) is 4.79 Å². The molecule has 98 valence electrons. The van der Waals surface area contributed by atoms with Crippen LogP contribution in [0.2, 0.25) is 0 Å². The van der Waals surface area contributed by atoms with Crippen molar-refractivity contribution in [2.75, 3.05) is 5.73 Å². The predicted octanol–water partition coefficient (Wildman–Crippen LogP) is 3.65. The topological polar surface area (TPSA) is 63.3 Å². The van der Waals surface area contributed by atoms with Gasteiger partial charge in [-0.1, -0.05) is 23.9 Å². The van der Waals surface area contributed by atoms with Crippen LogP contribution in [0.5, 0.6) is 0 Å². The summed E-state index contributed by atoms with van der Waals surface area (Å²) >= 11 is 3.80. The van der Waals surface area contributed by atoms with E-state index in [2.05, 4.69) is 22.6 Å². The van der Waals surface area contributed by atoms with Crippen molar-refractivity contribution in [1.82, 2.24) is 0 Å². The third-order valence-electron chi connectivity index (χ3n) is 2.48. The number of carboxylic acids is 1. The first-order chi connectivity index (χ1) is 9.04. The number of rotatable bonds is 4. The second-order valence-electron chi connectivity index (χ2n) is 4.00. The van der Waals surface area contributed by atoms with Crippen LogP contribution in [-0.4, -0.2) is 11.1 Å². The van der Waals surface area contributed by atoms with Crippen LogP contribution in [0.3, 0.4) is 0 Å². The summed E-state index contributed by atoms with van der Waals surface area (Å²) in [6.45, 7) is 0. The van der Waals surface area contributed by atoms with Crippen LogP contribution >= 0.6 is 34.4 Å². The lowest BCUT2D eigenvalue weighted by Crippen LogP contribution is -1.99. The second kappa shape index (κ2) is 6.29. The number of carbonyl (C=O) groups is 1. The fraction of sp³-hybridized carbons (Fsp3) is 0.0714. The van der Waals surface area contributed by atoms with Gasteiger partial charge in [-0.3, -0.25) is 4.79 Å². The highest BCUT2D eigenvalue weighted by molar-refractivity contribution is 14.1. The smallest absolute Gasteiger partial charge is 0.307 e. The Bertz CT molecular complexity index is 599. The molecule has 0 saturated heterocycles. The average molecular weight is 385 g/mol. The molecule has 0 aromatic heterocycles. The van der Waals surface area contributed by atoms with Gasteiger partial charge in [0.05, 0.1) is 6.42 Å². The molecule has 2 rings (SSSR count).